The number of hydrogen-bond donors (Lipinski definition) is 0. The van der Waals surface area contributed by atoms with Crippen LogP contribution in [0.25, 0.3) is 5.65 Å². The first-order valence-corrected chi connectivity index (χ1v) is 8.68. The molecule has 4 rings (SSSR count). The Morgan fingerprint density at radius 2 is 2.14 bits per heavy atom. The van der Waals surface area contributed by atoms with Crippen LogP contribution in [0.3, 0.4) is 0 Å². The van der Waals surface area contributed by atoms with Crippen molar-refractivity contribution in [3.8, 4) is 0 Å². The van der Waals surface area contributed by atoms with Gasteiger partial charge in [-0.1, -0.05) is 0 Å². The van der Waals surface area contributed by atoms with Gasteiger partial charge >= 0.3 is 0 Å². The van der Waals surface area contributed by atoms with Crippen molar-refractivity contribution < 1.29 is 13.2 Å². The monoisotopic (exact) mass is 308 g/mol. The number of aromatic nitrogens is 3. The summed E-state index contributed by atoms with van der Waals surface area (Å²) in [5, 5.41) is 3.79. The molecule has 0 spiro atoms. The van der Waals surface area contributed by atoms with Crippen molar-refractivity contribution in [1.82, 2.24) is 19.1 Å². The number of sulfone groups is 1. The Morgan fingerprint density at radius 1 is 1.33 bits per heavy atom. The van der Waals surface area contributed by atoms with E-state index in [-0.39, 0.29) is 22.8 Å². The van der Waals surface area contributed by atoms with Gasteiger partial charge in [-0.15, -0.1) is 0 Å². The van der Waals surface area contributed by atoms with E-state index in [1.165, 1.54) is 0 Å². The van der Waals surface area contributed by atoms with Crippen molar-refractivity contribution >= 4 is 21.4 Å². The third-order valence-electron chi connectivity index (χ3n) is 4.67. The third kappa shape index (κ3) is 1.75. The molecule has 2 saturated heterocycles. The number of carbonyl (C=O) groups excluding carboxylic acids is 1. The van der Waals surface area contributed by atoms with Crippen LogP contribution in [0.4, 0.5) is 0 Å². The summed E-state index contributed by atoms with van der Waals surface area (Å²) in [5.74, 6) is 0.232. The maximum absolute atomic E-state index is 12.7. The van der Waals surface area contributed by atoms with Crippen LogP contribution in [-0.2, 0) is 16.9 Å². The molecule has 21 heavy (non-hydrogen) atoms. The standard InChI is InChI=1S/C13H16N4O3S/c1-15-3-4-17-12(15)10(6-14-17)13(18)16-7-9-2-5-21(19,20)11(9)8-16/h3-4,6,9,11H,2,5,7-8H2,1H3/t9-,11+/m0/s1. The van der Waals surface area contributed by atoms with Gasteiger partial charge in [-0.3, -0.25) is 4.79 Å². The number of aryl methyl sites for hydroxylation is 1. The van der Waals surface area contributed by atoms with Gasteiger partial charge in [0.05, 0.1) is 17.2 Å². The van der Waals surface area contributed by atoms with E-state index < -0.39 is 9.84 Å². The first kappa shape index (κ1) is 12.9. The van der Waals surface area contributed by atoms with Crippen LogP contribution < -0.4 is 0 Å². The molecule has 0 saturated carbocycles. The fraction of sp³-hybridized carbons (Fsp3) is 0.538. The molecular formula is C13H16N4O3S. The summed E-state index contributed by atoms with van der Waals surface area (Å²) in [6.45, 7) is 0.845. The van der Waals surface area contributed by atoms with E-state index in [9.17, 15) is 13.2 Å². The molecule has 0 bridgehead atoms. The first-order valence-electron chi connectivity index (χ1n) is 6.97. The van der Waals surface area contributed by atoms with Crippen LogP contribution in [0.15, 0.2) is 18.6 Å². The van der Waals surface area contributed by atoms with E-state index in [0.717, 1.165) is 5.65 Å². The second kappa shape index (κ2) is 4.09. The summed E-state index contributed by atoms with van der Waals surface area (Å²) in [7, 11) is -1.16. The number of amides is 1. The molecule has 4 heterocycles. The molecule has 2 aromatic rings. The Bertz CT molecular complexity index is 835. The molecule has 2 aromatic heterocycles. The number of likely N-dealkylation sites (tertiary alicyclic amines) is 1. The fourth-order valence-corrected chi connectivity index (χ4v) is 5.68. The Hall–Kier alpha value is -1.83. The first-order chi connectivity index (χ1) is 9.97. The molecule has 0 N–H and O–H groups in total. The van der Waals surface area contributed by atoms with Gasteiger partial charge in [0.1, 0.15) is 11.2 Å². The van der Waals surface area contributed by atoms with Crippen molar-refractivity contribution in [3.63, 3.8) is 0 Å². The molecule has 1 amide bonds. The van der Waals surface area contributed by atoms with Crippen LogP contribution in [0.1, 0.15) is 16.8 Å². The zero-order chi connectivity index (χ0) is 14.8. The summed E-state index contributed by atoms with van der Waals surface area (Å²) in [4.78, 5) is 14.3. The predicted molar refractivity (Wildman–Crippen MR) is 75.7 cm³/mol. The van der Waals surface area contributed by atoms with Crippen molar-refractivity contribution in [2.24, 2.45) is 13.0 Å². The number of fused-ring (bicyclic) bond motifs is 2. The van der Waals surface area contributed by atoms with Crippen LogP contribution in [0, 0.1) is 5.92 Å². The zero-order valence-electron chi connectivity index (χ0n) is 11.6. The zero-order valence-corrected chi connectivity index (χ0v) is 12.5. The highest BCUT2D eigenvalue weighted by molar-refractivity contribution is 7.92. The molecule has 0 radical (unpaired) electrons. The smallest absolute Gasteiger partial charge is 0.259 e. The highest BCUT2D eigenvalue weighted by atomic mass is 32.2. The average molecular weight is 308 g/mol. The minimum absolute atomic E-state index is 0.0958. The van der Waals surface area contributed by atoms with Gasteiger partial charge in [0.2, 0.25) is 0 Å². The lowest BCUT2D eigenvalue weighted by Crippen LogP contribution is -2.32. The lowest BCUT2D eigenvalue weighted by molar-refractivity contribution is 0.0788. The van der Waals surface area contributed by atoms with Crippen LogP contribution >= 0.6 is 0 Å². The molecule has 0 aliphatic carbocycles. The lowest BCUT2D eigenvalue weighted by atomic mass is 10.1. The molecule has 0 unspecified atom stereocenters. The van der Waals surface area contributed by atoms with Gasteiger partial charge in [-0.25, -0.2) is 12.9 Å². The van der Waals surface area contributed by atoms with Gasteiger partial charge in [0, 0.05) is 32.5 Å². The second-order valence-electron chi connectivity index (χ2n) is 5.90. The number of rotatable bonds is 1. The van der Waals surface area contributed by atoms with Crippen molar-refractivity contribution in [2.45, 2.75) is 11.7 Å². The SMILES string of the molecule is Cn1ccn2ncc(C(=O)N3C[C@@H]4CCS(=O)(=O)[C@@H]4C3)c12. The average Bonchev–Trinajstić information content (AvgIpc) is 3.14. The molecular weight excluding hydrogens is 292 g/mol. The van der Waals surface area contributed by atoms with Crippen LogP contribution in [-0.4, -0.2) is 57.5 Å². The Kier molecular flexibility index (Phi) is 2.51. The molecule has 7 nitrogen and oxygen atoms in total. The largest absolute Gasteiger partial charge is 0.337 e. The molecule has 2 fully saturated rings. The third-order valence-corrected chi connectivity index (χ3v) is 6.93. The van der Waals surface area contributed by atoms with Gasteiger partial charge in [0.15, 0.2) is 9.84 Å². The van der Waals surface area contributed by atoms with Crippen molar-refractivity contribution in [2.75, 3.05) is 18.8 Å². The summed E-state index contributed by atoms with van der Waals surface area (Å²) in [6.07, 6.45) is 5.85. The summed E-state index contributed by atoms with van der Waals surface area (Å²) in [6, 6.07) is 0. The van der Waals surface area contributed by atoms with Crippen molar-refractivity contribution in [3.05, 3.63) is 24.2 Å². The topological polar surface area (TPSA) is 76.7 Å². The van der Waals surface area contributed by atoms with E-state index >= 15 is 0 Å². The van der Waals surface area contributed by atoms with E-state index in [0.29, 0.717) is 25.1 Å². The summed E-state index contributed by atoms with van der Waals surface area (Å²) >= 11 is 0. The minimum Gasteiger partial charge on any atom is -0.337 e. The maximum Gasteiger partial charge on any atom is 0.259 e. The van der Waals surface area contributed by atoms with Gasteiger partial charge in [0.25, 0.3) is 5.91 Å². The maximum atomic E-state index is 12.7. The molecule has 8 heteroatoms. The lowest BCUT2D eigenvalue weighted by Gasteiger charge is -2.16. The quantitative estimate of drug-likeness (QED) is 0.739. The van der Waals surface area contributed by atoms with Gasteiger partial charge in [-0.2, -0.15) is 5.10 Å². The minimum atomic E-state index is -3.02. The highest BCUT2D eigenvalue weighted by Crippen LogP contribution is 2.34. The van der Waals surface area contributed by atoms with Crippen LogP contribution in [0.2, 0.25) is 0 Å². The fourth-order valence-electron chi connectivity index (χ4n) is 3.53. The van der Waals surface area contributed by atoms with Crippen LogP contribution in [0.5, 0.6) is 0 Å². The molecule has 0 aromatic carbocycles. The second-order valence-corrected chi connectivity index (χ2v) is 8.24. The van der Waals surface area contributed by atoms with Gasteiger partial charge in [-0.05, 0) is 12.3 Å². The molecule has 2 atom stereocenters. The predicted octanol–water partition coefficient (Wildman–Crippen LogP) is -0.0681. The Balaban J connectivity index is 1.66. The molecule has 2 aliphatic rings. The number of carbonyl (C=O) groups is 1. The summed E-state index contributed by atoms with van der Waals surface area (Å²) in [5.41, 5.74) is 1.26. The number of imidazole rings is 1. The van der Waals surface area contributed by atoms with Crippen molar-refractivity contribution in [1.29, 1.82) is 0 Å². The van der Waals surface area contributed by atoms with E-state index in [1.54, 1.807) is 21.8 Å². The van der Waals surface area contributed by atoms with Gasteiger partial charge < -0.3 is 9.47 Å². The molecule has 2 aliphatic heterocycles. The normalized spacial score (nSPS) is 27.4. The molecule has 112 valence electrons. The highest BCUT2D eigenvalue weighted by Gasteiger charge is 2.47. The summed E-state index contributed by atoms with van der Waals surface area (Å²) < 4.78 is 27.4. The number of hydrogen-bond acceptors (Lipinski definition) is 4. The Labute approximate surface area is 122 Å². The number of nitrogens with zero attached hydrogens (tertiary/aromatic N) is 4. The van der Waals surface area contributed by atoms with E-state index in [1.807, 2.05) is 17.8 Å². The Morgan fingerprint density at radius 3 is 2.90 bits per heavy atom. The van der Waals surface area contributed by atoms with E-state index in [2.05, 4.69) is 5.10 Å². The van der Waals surface area contributed by atoms with E-state index in [4.69, 9.17) is 0 Å².